The molecule has 20 heavy (non-hydrogen) atoms. The van der Waals surface area contributed by atoms with Gasteiger partial charge in [-0.3, -0.25) is 4.90 Å². The summed E-state index contributed by atoms with van der Waals surface area (Å²) in [7, 11) is 0. The van der Waals surface area contributed by atoms with E-state index in [1.165, 1.54) is 50.8 Å². The summed E-state index contributed by atoms with van der Waals surface area (Å²) in [6.07, 6.45) is 6.89. The lowest BCUT2D eigenvalue weighted by Gasteiger charge is -2.39. The molecule has 2 heterocycles. The van der Waals surface area contributed by atoms with Gasteiger partial charge in [-0.25, -0.2) is 0 Å². The zero-order chi connectivity index (χ0) is 13.5. The third kappa shape index (κ3) is 2.29. The lowest BCUT2D eigenvalue weighted by Crippen LogP contribution is -2.49. The highest BCUT2D eigenvalue weighted by atomic mass is 15.2. The minimum atomic E-state index is 0.770. The maximum absolute atomic E-state index is 3.96. The maximum Gasteiger partial charge on any atom is 0.0250 e. The molecule has 3 fully saturated rings. The van der Waals surface area contributed by atoms with Gasteiger partial charge in [-0.1, -0.05) is 29.8 Å². The van der Waals surface area contributed by atoms with Crippen LogP contribution in [0.1, 0.15) is 49.1 Å². The van der Waals surface area contributed by atoms with Crippen molar-refractivity contribution in [2.75, 3.05) is 13.1 Å². The number of aryl methyl sites for hydroxylation is 1. The third-order valence-corrected chi connectivity index (χ3v) is 5.74. The highest BCUT2D eigenvalue weighted by molar-refractivity contribution is 5.26. The Morgan fingerprint density at radius 2 is 1.85 bits per heavy atom. The Morgan fingerprint density at radius 1 is 1.05 bits per heavy atom. The predicted molar refractivity (Wildman–Crippen MR) is 83.1 cm³/mol. The Morgan fingerprint density at radius 3 is 2.65 bits per heavy atom. The molecule has 2 atom stereocenters. The molecule has 2 nitrogen and oxygen atoms in total. The van der Waals surface area contributed by atoms with E-state index in [4.69, 9.17) is 0 Å². The number of rotatable bonds is 3. The SMILES string of the molecule is Cc1ccc(C2CC(NC3CCN4CCCC34)C2)cc1. The van der Waals surface area contributed by atoms with Gasteiger partial charge < -0.3 is 5.32 Å². The smallest absolute Gasteiger partial charge is 0.0250 e. The first-order valence-corrected chi connectivity index (χ1v) is 8.36. The molecule has 2 aliphatic heterocycles. The Balaban J connectivity index is 1.30. The Bertz CT molecular complexity index is 461. The van der Waals surface area contributed by atoms with E-state index in [2.05, 4.69) is 41.4 Å². The predicted octanol–water partition coefficient (Wildman–Crippen LogP) is 3.07. The van der Waals surface area contributed by atoms with Crippen LogP contribution in [0.4, 0.5) is 0 Å². The number of fused-ring (bicyclic) bond motifs is 1. The molecular weight excluding hydrogens is 244 g/mol. The molecule has 3 aliphatic rings. The first-order valence-electron chi connectivity index (χ1n) is 8.36. The Kier molecular flexibility index (Phi) is 3.31. The molecule has 0 spiro atoms. The molecule has 1 aromatic rings. The van der Waals surface area contributed by atoms with Crippen LogP contribution < -0.4 is 5.32 Å². The number of hydrogen-bond donors (Lipinski definition) is 1. The molecule has 4 rings (SSSR count). The summed E-state index contributed by atoms with van der Waals surface area (Å²) in [6, 6.07) is 11.6. The van der Waals surface area contributed by atoms with Gasteiger partial charge >= 0.3 is 0 Å². The van der Waals surface area contributed by atoms with Crippen LogP contribution in [0.3, 0.4) is 0 Å². The highest BCUT2D eigenvalue weighted by Gasteiger charge is 2.40. The van der Waals surface area contributed by atoms with Crippen LogP contribution in [-0.2, 0) is 0 Å². The lowest BCUT2D eigenvalue weighted by molar-refractivity contribution is 0.234. The van der Waals surface area contributed by atoms with Crippen LogP contribution in [0.5, 0.6) is 0 Å². The van der Waals surface area contributed by atoms with Gasteiger partial charge in [0, 0.05) is 24.7 Å². The van der Waals surface area contributed by atoms with Crippen molar-refractivity contribution < 1.29 is 0 Å². The molecule has 2 unspecified atom stereocenters. The number of hydrogen-bond acceptors (Lipinski definition) is 2. The highest BCUT2D eigenvalue weighted by Crippen LogP contribution is 2.38. The first kappa shape index (κ1) is 12.8. The lowest BCUT2D eigenvalue weighted by atomic mass is 9.75. The molecule has 1 aliphatic carbocycles. The molecule has 0 aromatic heterocycles. The number of nitrogens with zero attached hydrogens (tertiary/aromatic N) is 1. The van der Waals surface area contributed by atoms with Gasteiger partial charge in [-0.15, -0.1) is 0 Å². The van der Waals surface area contributed by atoms with Gasteiger partial charge in [0.1, 0.15) is 0 Å². The minimum Gasteiger partial charge on any atom is -0.310 e. The van der Waals surface area contributed by atoms with Crippen molar-refractivity contribution in [2.45, 2.75) is 63.1 Å². The molecule has 108 valence electrons. The van der Waals surface area contributed by atoms with Gasteiger partial charge in [0.2, 0.25) is 0 Å². The summed E-state index contributed by atoms with van der Waals surface area (Å²) < 4.78 is 0. The number of nitrogens with one attached hydrogen (secondary N) is 1. The summed E-state index contributed by atoms with van der Waals surface area (Å²) in [5.74, 6) is 0.800. The summed E-state index contributed by atoms with van der Waals surface area (Å²) >= 11 is 0. The van der Waals surface area contributed by atoms with Gasteiger partial charge in [0.05, 0.1) is 0 Å². The van der Waals surface area contributed by atoms with E-state index in [1.54, 1.807) is 5.56 Å². The normalized spacial score (nSPS) is 36.9. The van der Waals surface area contributed by atoms with Crippen molar-refractivity contribution in [2.24, 2.45) is 0 Å². The second-order valence-electron chi connectivity index (χ2n) is 7.08. The molecule has 2 heteroatoms. The molecule has 0 bridgehead atoms. The molecule has 1 saturated carbocycles. The average Bonchev–Trinajstić information content (AvgIpc) is 2.99. The van der Waals surface area contributed by atoms with E-state index in [9.17, 15) is 0 Å². The summed E-state index contributed by atoms with van der Waals surface area (Å²) in [4.78, 5) is 2.70. The summed E-state index contributed by atoms with van der Waals surface area (Å²) in [5.41, 5.74) is 2.91. The van der Waals surface area contributed by atoms with Crippen LogP contribution in [0.25, 0.3) is 0 Å². The van der Waals surface area contributed by atoms with Crippen molar-refractivity contribution in [3.63, 3.8) is 0 Å². The molecular formula is C18H26N2. The maximum atomic E-state index is 3.96. The van der Waals surface area contributed by atoms with Crippen molar-refractivity contribution >= 4 is 0 Å². The van der Waals surface area contributed by atoms with Crippen LogP contribution >= 0.6 is 0 Å². The van der Waals surface area contributed by atoms with Gasteiger partial charge in [0.15, 0.2) is 0 Å². The second kappa shape index (κ2) is 5.16. The van der Waals surface area contributed by atoms with Gasteiger partial charge in [-0.05, 0) is 57.1 Å². The topological polar surface area (TPSA) is 15.3 Å². The van der Waals surface area contributed by atoms with E-state index in [0.717, 1.165) is 24.0 Å². The second-order valence-corrected chi connectivity index (χ2v) is 7.08. The van der Waals surface area contributed by atoms with E-state index in [1.807, 2.05) is 0 Å². The standard InChI is InChI=1S/C18H26N2/c1-13-4-6-14(7-5-13)15-11-16(12-15)19-17-8-10-20-9-2-3-18(17)20/h4-7,15-19H,2-3,8-12H2,1H3. The van der Waals surface area contributed by atoms with E-state index in [-0.39, 0.29) is 0 Å². The zero-order valence-electron chi connectivity index (χ0n) is 12.5. The monoisotopic (exact) mass is 270 g/mol. The van der Waals surface area contributed by atoms with Crippen molar-refractivity contribution in [1.82, 2.24) is 10.2 Å². The van der Waals surface area contributed by atoms with Crippen LogP contribution in [0.15, 0.2) is 24.3 Å². The summed E-state index contributed by atoms with van der Waals surface area (Å²) in [5, 5.41) is 3.96. The van der Waals surface area contributed by atoms with Gasteiger partial charge in [-0.2, -0.15) is 0 Å². The quantitative estimate of drug-likeness (QED) is 0.908. The fourth-order valence-corrected chi connectivity index (χ4v) is 4.44. The fourth-order valence-electron chi connectivity index (χ4n) is 4.44. The molecule has 1 N–H and O–H groups in total. The van der Waals surface area contributed by atoms with Crippen molar-refractivity contribution in [3.05, 3.63) is 35.4 Å². The largest absolute Gasteiger partial charge is 0.310 e. The fraction of sp³-hybridized carbons (Fsp3) is 0.667. The van der Waals surface area contributed by atoms with E-state index >= 15 is 0 Å². The van der Waals surface area contributed by atoms with Gasteiger partial charge in [0.25, 0.3) is 0 Å². The molecule has 0 radical (unpaired) electrons. The van der Waals surface area contributed by atoms with Crippen molar-refractivity contribution in [1.29, 1.82) is 0 Å². The summed E-state index contributed by atoms with van der Waals surface area (Å²) in [6.45, 7) is 4.85. The van der Waals surface area contributed by atoms with Crippen LogP contribution in [0.2, 0.25) is 0 Å². The zero-order valence-corrected chi connectivity index (χ0v) is 12.5. The Hall–Kier alpha value is -0.860. The van der Waals surface area contributed by atoms with Crippen LogP contribution in [0, 0.1) is 6.92 Å². The van der Waals surface area contributed by atoms with E-state index in [0.29, 0.717) is 0 Å². The van der Waals surface area contributed by atoms with Crippen LogP contribution in [-0.4, -0.2) is 36.1 Å². The average molecular weight is 270 g/mol. The number of benzene rings is 1. The third-order valence-electron chi connectivity index (χ3n) is 5.74. The van der Waals surface area contributed by atoms with Crippen molar-refractivity contribution in [3.8, 4) is 0 Å². The molecule has 2 saturated heterocycles. The molecule has 1 aromatic carbocycles. The minimum absolute atomic E-state index is 0.770. The first-order chi connectivity index (χ1) is 9.79. The van der Waals surface area contributed by atoms with E-state index < -0.39 is 0 Å². The Labute approximate surface area is 122 Å². The molecule has 0 amide bonds.